The lowest BCUT2D eigenvalue weighted by molar-refractivity contribution is -0.137. The van der Waals surface area contributed by atoms with Crippen LogP contribution in [0.4, 0.5) is 26.3 Å². The van der Waals surface area contributed by atoms with Crippen LogP contribution in [0.25, 0.3) is 0 Å². The van der Waals surface area contributed by atoms with Gasteiger partial charge in [0.25, 0.3) is 0 Å². The summed E-state index contributed by atoms with van der Waals surface area (Å²) in [5.74, 6) is 0. The predicted octanol–water partition coefficient (Wildman–Crippen LogP) is 5.45. The van der Waals surface area contributed by atoms with Gasteiger partial charge in [0.05, 0.1) is 12.1 Å². The molecule has 7 heteroatoms. The van der Waals surface area contributed by atoms with Gasteiger partial charge in [0.15, 0.2) is 0 Å². The van der Waals surface area contributed by atoms with Crippen molar-refractivity contribution in [1.29, 1.82) is 0 Å². The van der Waals surface area contributed by atoms with Gasteiger partial charge < -0.3 is 0 Å². The number of halogens is 6. The van der Waals surface area contributed by atoms with Gasteiger partial charge in [0, 0.05) is 6.42 Å². The lowest BCUT2D eigenvalue weighted by atomic mass is 10.1. The van der Waals surface area contributed by atoms with E-state index in [2.05, 4.69) is 4.99 Å². The largest absolute Gasteiger partial charge is 0.429 e. The Balaban J connectivity index is 2.16. The zero-order valence-electron chi connectivity index (χ0n) is 12.3. The second-order valence-corrected chi connectivity index (χ2v) is 5.12. The number of benzene rings is 2. The first-order valence-electron chi connectivity index (χ1n) is 6.97. The zero-order chi connectivity index (χ0) is 17.8. The van der Waals surface area contributed by atoms with Crippen LogP contribution in [0.3, 0.4) is 0 Å². The van der Waals surface area contributed by atoms with Gasteiger partial charge in [-0.1, -0.05) is 42.5 Å². The molecule has 0 aliphatic carbocycles. The second-order valence-electron chi connectivity index (χ2n) is 5.12. The molecule has 2 aromatic rings. The minimum absolute atomic E-state index is 0.276. The Bertz CT molecular complexity index is 684. The smallest absolute Gasteiger partial charge is 0.280 e. The molecule has 0 amide bonds. The van der Waals surface area contributed by atoms with Crippen LogP contribution in [-0.4, -0.2) is 11.9 Å². The third-order valence-electron chi connectivity index (χ3n) is 3.28. The van der Waals surface area contributed by atoms with E-state index in [1.165, 1.54) is 0 Å². The SMILES string of the molecule is FC(F)(F)C(Cc1ccccc1)=NCc1ccc(C(F)(F)F)cc1. The van der Waals surface area contributed by atoms with E-state index in [-0.39, 0.29) is 18.5 Å². The summed E-state index contributed by atoms with van der Waals surface area (Å²) in [5.41, 5.74) is -1.08. The number of rotatable bonds is 4. The Hall–Kier alpha value is -2.31. The monoisotopic (exact) mass is 345 g/mol. The maximum atomic E-state index is 13.0. The fraction of sp³-hybridized carbons (Fsp3) is 0.235. The van der Waals surface area contributed by atoms with Crippen molar-refractivity contribution in [3.05, 3.63) is 71.3 Å². The van der Waals surface area contributed by atoms with Crippen LogP contribution in [-0.2, 0) is 19.1 Å². The average molecular weight is 345 g/mol. The Morgan fingerprint density at radius 1 is 0.750 bits per heavy atom. The zero-order valence-corrected chi connectivity index (χ0v) is 12.3. The summed E-state index contributed by atoms with van der Waals surface area (Å²) in [7, 11) is 0. The molecule has 0 saturated heterocycles. The molecular formula is C17H13F6N. The van der Waals surface area contributed by atoms with Gasteiger partial charge in [-0.3, -0.25) is 4.99 Å². The lowest BCUT2D eigenvalue weighted by Gasteiger charge is -2.11. The Morgan fingerprint density at radius 2 is 1.33 bits per heavy atom. The molecule has 0 bridgehead atoms. The molecule has 24 heavy (non-hydrogen) atoms. The molecule has 2 rings (SSSR count). The third-order valence-corrected chi connectivity index (χ3v) is 3.28. The van der Waals surface area contributed by atoms with Gasteiger partial charge in [-0.25, -0.2) is 0 Å². The van der Waals surface area contributed by atoms with Crippen LogP contribution in [0.1, 0.15) is 16.7 Å². The quantitative estimate of drug-likeness (QED) is 0.516. The molecule has 0 unspecified atom stereocenters. The highest BCUT2D eigenvalue weighted by molar-refractivity contribution is 5.91. The Morgan fingerprint density at radius 3 is 1.83 bits per heavy atom. The molecule has 128 valence electrons. The van der Waals surface area contributed by atoms with Crippen molar-refractivity contribution >= 4 is 5.71 Å². The van der Waals surface area contributed by atoms with Crippen molar-refractivity contribution in [3.8, 4) is 0 Å². The van der Waals surface area contributed by atoms with Gasteiger partial charge >= 0.3 is 12.4 Å². The topological polar surface area (TPSA) is 12.4 Å². The molecule has 0 heterocycles. The second kappa shape index (κ2) is 7.07. The molecule has 0 aliphatic rings. The molecular weight excluding hydrogens is 332 g/mol. The minimum Gasteiger partial charge on any atom is -0.280 e. The molecule has 0 atom stereocenters. The number of hydrogen-bond acceptors (Lipinski definition) is 1. The number of aliphatic imine (C=N–C) groups is 1. The van der Waals surface area contributed by atoms with E-state index in [0.29, 0.717) is 5.56 Å². The molecule has 0 saturated carbocycles. The lowest BCUT2D eigenvalue weighted by Crippen LogP contribution is -2.25. The molecule has 0 N–H and O–H groups in total. The number of alkyl halides is 6. The van der Waals surface area contributed by atoms with E-state index in [1.807, 2.05) is 0 Å². The molecule has 0 fully saturated rings. The summed E-state index contributed by atoms with van der Waals surface area (Å²) in [4.78, 5) is 3.56. The highest BCUT2D eigenvalue weighted by atomic mass is 19.4. The normalized spacial score (nSPS) is 13.2. The first kappa shape index (κ1) is 18.0. The van der Waals surface area contributed by atoms with Gasteiger partial charge in [-0.05, 0) is 23.3 Å². The maximum absolute atomic E-state index is 13.0. The van der Waals surface area contributed by atoms with Gasteiger partial charge in [-0.15, -0.1) is 0 Å². The van der Waals surface area contributed by atoms with Crippen molar-refractivity contribution in [3.63, 3.8) is 0 Å². The Kier molecular flexibility index (Phi) is 5.31. The third kappa shape index (κ3) is 5.11. The fourth-order valence-electron chi connectivity index (χ4n) is 2.02. The highest BCUT2D eigenvalue weighted by Crippen LogP contribution is 2.29. The summed E-state index contributed by atoms with van der Waals surface area (Å²) in [6.45, 7) is -0.334. The number of nitrogens with zero attached hydrogens (tertiary/aromatic N) is 1. The van der Waals surface area contributed by atoms with Crippen molar-refractivity contribution in [2.45, 2.75) is 25.3 Å². The van der Waals surface area contributed by atoms with Crippen molar-refractivity contribution in [2.24, 2.45) is 4.99 Å². The first-order chi connectivity index (χ1) is 11.2. The highest BCUT2D eigenvalue weighted by Gasteiger charge is 2.35. The predicted molar refractivity (Wildman–Crippen MR) is 78.8 cm³/mol. The first-order valence-corrected chi connectivity index (χ1v) is 6.97. The number of hydrogen-bond donors (Lipinski definition) is 0. The molecule has 0 spiro atoms. The minimum atomic E-state index is -4.60. The van der Waals surface area contributed by atoms with E-state index in [9.17, 15) is 26.3 Å². The molecule has 0 aromatic heterocycles. The molecule has 0 radical (unpaired) electrons. The van der Waals surface area contributed by atoms with Gasteiger partial charge in [-0.2, -0.15) is 26.3 Å². The van der Waals surface area contributed by atoms with Crippen LogP contribution in [0.2, 0.25) is 0 Å². The standard InChI is InChI=1S/C17H13F6N/c18-16(19,20)14-8-6-13(7-9-14)11-24-15(17(21,22)23)10-12-4-2-1-3-5-12/h1-9H,10-11H2. The van der Waals surface area contributed by atoms with Crippen LogP contribution in [0, 0.1) is 0 Å². The van der Waals surface area contributed by atoms with Crippen LogP contribution < -0.4 is 0 Å². The Labute approximate surface area is 134 Å². The maximum Gasteiger partial charge on any atom is 0.429 e. The summed E-state index contributed by atoms with van der Waals surface area (Å²) in [6, 6.07) is 12.0. The van der Waals surface area contributed by atoms with Crippen LogP contribution >= 0.6 is 0 Å². The van der Waals surface area contributed by atoms with E-state index in [4.69, 9.17) is 0 Å². The fourth-order valence-corrected chi connectivity index (χ4v) is 2.02. The summed E-state index contributed by atoms with van der Waals surface area (Å²) >= 11 is 0. The van der Waals surface area contributed by atoms with Crippen LogP contribution in [0.5, 0.6) is 0 Å². The summed E-state index contributed by atoms with van der Waals surface area (Å²) < 4.78 is 76.5. The van der Waals surface area contributed by atoms with E-state index < -0.39 is 23.6 Å². The van der Waals surface area contributed by atoms with Crippen molar-refractivity contribution in [1.82, 2.24) is 0 Å². The van der Waals surface area contributed by atoms with E-state index >= 15 is 0 Å². The molecule has 0 aliphatic heterocycles. The van der Waals surface area contributed by atoms with Crippen molar-refractivity contribution in [2.75, 3.05) is 0 Å². The van der Waals surface area contributed by atoms with Crippen LogP contribution in [0.15, 0.2) is 59.6 Å². The van der Waals surface area contributed by atoms with Gasteiger partial charge in [0.1, 0.15) is 5.71 Å². The van der Waals surface area contributed by atoms with Crippen molar-refractivity contribution < 1.29 is 26.3 Å². The summed E-state index contributed by atoms with van der Waals surface area (Å²) in [5, 5.41) is 0. The molecule has 1 nitrogen and oxygen atoms in total. The van der Waals surface area contributed by atoms with E-state index in [1.54, 1.807) is 30.3 Å². The molecule has 2 aromatic carbocycles. The van der Waals surface area contributed by atoms with Gasteiger partial charge in [0.2, 0.25) is 0 Å². The average Bonchev–Trinajstić information content (AvgIpc) is 2.51. The summed E-state index contributed by atoms with van der Waals surface area (Å²) in [6.07, 6.45) is -9.46. The van der Waals surface area contributed by atoms with E-state index in [0.717, 1.165) is 24.3 Å².